The smallest absolute Gasteiger partial charge is 0.408 e. The Hall–Kier alpha value is -2.79. The zero-order valence-electron chi connectivity index (χ0n) is 12.9. The molecule has 4 rings (SSSR count). The number of fused-ring (bicyclic) bond motifs is 1. The minimum Gasteiger partial charge on any atom is -0.408 e. The molecule has 4 aromatic rings. The molecule has 2 aromatic heterocycles. The third-order valence-electron chi connectivity index (χ3n) is 4.14. The van der Waals surface area contributed by atoms with Crippen molar-refractivity contribution in [2.24, 2.45) is 7.05 Å². The fourth-order valence-electron chi connectivity index (χ4n) is 2.94. The summed E-state index contributed by atoms with van der Waals surface area (Å²) in [6.07, 6.45) is 5.36. The van der Waals surface area contributed by atoms with Crippen LogP contribution in [0.25, 0.3) is 11.1 Å². The molecule has 0 bridgehead atoms. The molecule has 0 fully saturated rings. The number of hydrogen-bond donors (Lipinski definition) is 0. The number of nitrogens with zero attached hydrogens (tertiary/aromatic N) is 3. The lowest BCUT2D eigenvalue weighted by Crippen LogP contribution is -2.11. The average Bonchev–Trinajstić information content (AvgIpc) is 3.20. The normalized spacial score (nSPS) is 12.6. The van der Waals surface area contributed by atoms with E-state index in [1.54, 1.807) is 25.6 Å². The highest BCUT2D eigenvalue weighted by molar-refractivity contribution is 6.32. The van der Waals surface area contributed by atoms with Crippen LogP contribution in [0.5, 0.6) is 0 Å². The lowest BCUT2D eigenvalue weighted by atomic mass is 9.98. The van der Waals surface area contributed by atoms with Crippen LogP contribution in [0.15, 0.2) is 70.4 Å². The summed E-state index contributed by atoms with van der Waals surface area (Å²) >= 11 is 6.56. The molecule has 0 saturated carbocycles. The van der Waals surface area contributed by atoms with Crippen molar-refractivity contribution in [1.29, 1.82) is 0 Å². The van der Waals surface area contributed by atoms with Crippen LogP contribution in [0.1, 0.15) is 17.2 Å². The number of aryl methyl sites for hydroxylation is 1. The minimum atomic E-state index is -0.405. The summed E-state index contributed by atoms with van der Waals surface area (Å²) in [5.41, 5.74) is 3.10. The van der Waals surface area contributed by atoms with E-state index < -0.39 is 5.76 Å². The summed E-state index contributed by atoms with van der Waals surface area (Å²) < 4.78 is 8.74. The number of aromatic nitrogens is 3. The van der Waals surface area contributed by atoms with Gasteiger partial charge in [0.1, 0.15) is 0 Å². The first-order valence-electron chi connectivity index (χ1n) is 7.46. The van der Waals surface area contributed by atoms with Crippen LogP contribution in [0.4, 0.5) is 0 Å². The number of halogens is 1. The number of oxazole rings is 1. The van der Waals surface area contributed by atoms with E-state index in [0.717, 1.165) is 11.1 Å². The molecule has 2 heterocycles. The highest BCUT2D eigenvalue weighted by Crippen LogP contribution is 2.34. The van der Waals surface area contributed by atoms with Gasteiger partial charge in [0.25, 0.3) is 0 Å². The highest BCUT2D eigenvalue weighted by Gasteiger charge is 2.21. The van der Waals surface area contributed by atoms with Crippen LogP contribution in [-0.4, -0.2) is 14.1 Å². The van der Waals surface area contributed by atoms with E-state index in [2.05, 4.69) is 4.98 Å². The Morgan fingerprint density at radius 3 is 2.71 bits per heavy atom. The van der Waals surface area contributed by atoms with Gasteiger partial charge in [-0.05, 0) is 17.7 Å². The fourth-order valence-corrected chi connectivity index (χ4v) is 3.20. The van der Waals surface area contributed by atoms with E-state index in [1.807, 2.05) is 47.2 Å². The molecule has 0 aliphatic carbocycles. The molecule has 1 unspecified atom stereocenters. The number of imidazole rings is 1. The van der Waals surface area contributed by atoms with Crippen LogP contribution >= 0.6 is 11.6 Å². The standard InChI is InChI=1S/C18H14ClN3O2/c1-21-15-10-14(19)13(9-16(15)24-18(21)23)17(22-8-7-20-11-22)12-5-3-2-4-6-12/h2-11,17H,1H3. The van der Waals surface area contributed by atoms with Crippen LogP contribution in [0.3, 0.4) is 0 Å². The van der Waals surface area contributed by atoms with Gasteiger partial charge in [-0.3, -0.25) is 4.57 Å². The van der Waals surface area contributed by atoms with Gasteiger partial charge in [-0.1, -0.05) is 41.9 Å². The molecule has 1 atom stereocenters. The van der Waals surface area contributed by atoms with Crippen LogP contribution in [0, 0.1) is 0 Å². The van der Waals surface area contributed by atoms with Gasteiger partial charge >= 0.3 is 5.76 Å². The molecule has 0 spiro atoms. The van der Waals surface area contributed by atoms with Crippen molar-refractivity contribution >= 4 is 22.7 Å². The van der Waals surface area contributed by atoms with Gasteiger partial charge in [0.05, 0.1) is 17.9 Å². The van der Waals surface area contributed by atoms with Gasteiger partial charge in [-0.25, -0.2) is 9.78 Å². The van der Waals surface area contributed by atoms with E-state index in [0.29, 0.717) is 16.1 Å². The Kier molecular flexibility index (Phi) is 3.50. The van der Waals surface area contributed by atoms with Gasteiger partial charge < -0.3 is 8.98 Å². The van der Waals surface area contributed by atoms with E-state index >= 15 is 0 Å². The topological polar surface area (TPSA) is 53.0 Å². The second-order valence-corrected chi connectivity index (χ2v) is 6.00. The van der Waals surface area contributed by atoms with Crippen LogP contribution < -0.4 is 5.76 Å². The number of hydrogen-bond acceptors (Lipinski definition) is 3. The Balaban J connectivity index is 1.98. The van der Waals surface area contributed by atoms with Crippen molar-refractivity contribution in [3.63, 3.8) is 0 Å². The molecule has 0 N–H and O–H groups in total. The fraction of sp³-hybridized carbons (Fsp3) is 0.111. The summed E-state index contributed by atoms with van der Waals surface area (Å²) in [5.74, 6) is -0.405. The van der Waals surface area contributed by atoms with Gasteiger partial charge in [0, 0.05) is 30.0 Å². The Bertz CT molecular complexity index is 1050. The Morgan fingerprint density at radius 1 is 1.21 bits per heavy atom. The van der Waals surface area contributed by atoms with E-state index in [9.17, 15) is 4.79 Å². The molecule has 0 aliphatic rings. The molecule has 0 radical (unpaired) electrons. The highest BCUT2D eigenvalue weighted by atomic mass is 35.5. The second-order valence-electron chi connectivity index (χ2n) is 5.59. The Labute approximate surface area is 142 Å². The van der Waals surface area contributed by atoms with E-state index in [1.165, 1.54) is 4.57 Å². The summed E-state index contributed by atoms with van der Waals surface area (Å²) in [7, 11) is 1.66. The first kappa shape index (κ1) is 14.8. The SMILES string of the molecule is Cn1c(=O)oc2cc(C(c3ccccc3)n3ccnc3)c(Cl)cc21. The molecule has 24 heavy (non-hydrogen) atoms. The lowest BCUT2D eigenvalue weighted by Gasteiger charge is -2.20. The number of rotatable bonds is 3. The molecular formula is C18H14ClN3O2. The molecule has 6 heteroatoms. The lowest BCUT2D eigenvalue weighted by molar-refractivity contribution is 0.527. The molecule has 0 saturated heterocycles. The van der Waals surface area contributed by atoms with Crippen LogP contribution in [0.2, 0.25) is 5.02 Å². The van der Waals surface area contributed by atoms with E-state index in [4.69, 9.17) is 16.0 Å². The molecule has 2 aromatic carbocycles. The maximum atomic E-state index is 11.8. The first-order chi connectivity index (χ1) is 11.6. The molecule has 0 aliphatic heterocycles. The molecule has 0 amide bonds. The predicted molar refractivity (Wildman–Crippen MR) is 92.4 cm³/mol. The van der Waals surface area contributed by atoms with Crippen molar-refractivity contribution in [3.8, 4) is 0 Å². The molecule has 120 valence electrons. The zero-order chi connectivity index (χ0) is 16.7. The van der Waals surface area contributed by atoms with Crippen molar-refractivity contribution in [2.75, 3.05) is 0 Å². The second kappa shape index (κ2) is 5.69. The predicted octanol–water partition coefficient (Wildman–Crippen LogP) is 3.62. The summed E-state index contributed by atoms with van der Waals surface area (Å²) in [4.78, 5) is 15.9. The van der Waals surface area contributed by atoms with Crippen molar-refractivity contribution in [2.45, 2.75) is 6.04 Å². The summed E-state index contributed by atoms with van der Waals surface area (Å²) in [5, 5.41) is 0.571. The molecule has 5 nitrogen and oxygen atoms in total. The third-order valence-corrected chi connectivity index (χ3v) is 4.47. The van der Waals surface area contributed by atoms with Gasteiger partial charge in [-0.15, -0.1) is 0 Å². The molecular weight excluding hydrogens is 326 g/mol. The van der Waals surface area contributed by atoms with Crippen molar-refractivity contribution < 1.29 is 4.42 Å². The first-order valence-corrected chi connectivity index (χ1v) is 7.84. The van der Waals surface area contributed by atoms with Gasteiger partial charge in [-0.2, -0.15) is 0 Å². The monoisotopic (exact) mass is 339 g/mol. The maximum absolute atomic E-state index is 11.8. The zero-order valence-corrected chi connectivity index (χ0v) is 13.6. The minimum absolute atomic E-state index is 0.156. The van der Waals surface area contributed by atoms with Gasteiger partial charge in [0.15, 0.2) is 5.58 Å². The van der Waals surface area contributed by atoms with Crippen molar-refractivity contribution in [3.05, 3.63) is 87.9 Å². The van der Waals surface area contributed by atoms with Crippen molar-refractivity contribution in [1.82, 2.24) is 14.1 Å². The third kappa shape index (κ3) is 2.34. The maximum Gasteiger partial charge on any atom is 0.419 e. The Morgan fingerprint density at radius 2 is 2.00 bits per heavy atom. The van der Waals surface area contributed by atoms with Gasteiger partial charge in [0.2, 0.25) is 0 Å². The van der Waals surface area contributed by atoms with Crippen LogP contribution in [-0.2, 0) is 7.05 Å². The average molecular weight is 340 g/mol. The quantitative estimate of drug-likeness (QED) is 0.573. The van der Waals surface area contributed by atoms with E-state index in [-0.39, 0.29) is 6.04 Å². The number of benzene rings is 2. The largest absolute Gasteiger partial charge is 0.419 e. The summed E-state index contributed by atoms with van der Waals surface area (Å²) in [6, 6.07) is 13.4. The summed E-state index contributed by atoms with van der Waals surface area (Å²) in [6.45, 7) is 0.